The second kappa shape index (κ2) is 6.77. The van der Waals surface area contributed by atoms with Crippen LogP contribution in [0.15, 0.2) is 48.5 Å². The lowest BCUT2D eigenvalue weighted by Crippen LogP contribution is -2.29. The fourth-order valence-corrected chi connectivity index (χ4v) is 2.64. The molecular weight excluding hydrogens is 260 g/mol. The Morgan fingerprint density at radius 1 is 1.10 bits per heavy atom. The molecule has 1 unspecified atom stereocenters. The molecular formula is C19H24O2. The molecule has 112 valence electrons. The van der Waals surface area contributed by atoms with E-state index in [1.165, 1.54) is 5.56 Å². The fraction of sp³-hybridized carbons (Fsp3) is 0.368. The highest BCUT2D eigenvalue weighted by Crippen LogP contribution is 2.32. The second-order valence-electron chi connectivity index (χ2n) is 5.81. The van der Waals surface area contributed by atoms with Crippen LogP contribution in [0, 0.1) is 6.92 Å². The van der Waals surface area contributed by atoms with Gasteiger partial charge in [0, 0.05) is 5.41 Å². The smallest absolute Gasteiger partial charge is 0.122 e. The molecule has 0 bridgehead atoms. The van der Waals surface area contributed by atoms with E-state index in [4.69, 9.17) is 4.74 Å². The third kappa shape index (κ3) is 3.64. The van der Waals surface area contributed by atoms with E-state index >= 15 is 0 Å². The molecule has 0 fully saturated rings. The number of hydrogen-bond donors (Lipinski definition) is 1. The van der Waals surface area contributed by atoms with E-state index in [1.54, 1.807) is 0 Å². The van der Waals surface area contributed by atoms with Crippen molar-refractivity contribution >= 4 is 0 Å². The third-order valence-electron chi connectivity index (χ3n) is 3.92. The van der Waals surface area contributed by atoms with Gasteiger partial charge in [-0.25, -0.2) is 0 Å². The van der Waals surface area contributed by atoms with Crippen LogP contribution in [0.2, 0.25) is 0 Å². The van der Waals surface area contributed by atoms with Crippen LogP contribution in [0.3, 0.4) is 0 Å². The van der Waals surface area contributed by atoms with Crippen molar-refractivity contribution in [2.45, 2.75) is 32.6 Å². The largest absolute Gasteiger partial charge is 0.494 e. The molecule has 0 saturated carbocycles. The summed E-state index contributed by atoms with van der Waals surface area (Å²) < 4.78 is 5.71. The van der Waals surface area contributed by atoms with E-state index in [0.717, 1.165) is 23.3 Å². The minimum Gasteiger partial charge on any atom is -0.494 e. The molecule has 2 heteroatoms. The molecule has 1 atom stereocenters. The average Bonchev–Trinajstić information content (AvgIpc) is 2.49. The molecule has 0 aliphatic rings. The van der Waals surface area contributed by atoms with Crippen molar-refractivity contribution in [1.29, 1.82) is 0 Å². The molecule has 0 aliphatic carbocycles. The van der Waals surface area contributed by atoms with Crippen LogP contribution in [0.5, 0.6) is 5.75 Å². The quantitative estimate of drug-likeness (QED) is 0.872. The Morgan fingerprint density at radius 3 is 2.52 bits per heavy atom. The van der Waals surface area contributed by atoms with Crippen LogP contribution in [0.25, 0.3) is 0 Å². The van der Waals surface area contributed by atoms with Crippen LogP contribution < -0.4 is 4.74 Å². The van der Waals surface area contributed by atoms with Crippen molar-refractivity contribution in [3.8, 4) is 5.75 Å². The van der Waals surface area contributed by atoms with E-state index in [1.807, 2.05) is 31.2 Å². The summed E-state index contributed by atoms with van der Waals surface area (Å²) in [6, 6.07) is 16.4. The Labute approximate surface area is 127 Å². The topological polar surface area (TPSA) is 29.5 Å². The number of aryl methyl sites for hydroxylation is 1. The average molecular weight is 284 g/mol. The zero-order valence-corrected chi connectivity index (χ0v) is 13.1. The molecule has 0 aliphatic heterocycles. The zero-order valence-electron chi connectivity index (χ0n) is 13.1. The highest BCUT2D eigenvalue weighted by atomic mass is 16.5. The summed E-state index contributed by atoms with van der Waals surface area (Å²) in [5.41, 5.74) is 3.21. The van der Waals surface area contributed by atoms with Gasteiger partial charge in [0.1, 0.15) is 5.75 Å². The monoisotopic (exact) mass is 284 g/mol. The number of hydrogen-bond acceptors (Lipinski definition) is 2. The first-order valence-electron chi connectivity index (χ1n) is 7.48. The SMILES string of the molecule is CCOc1ccccc1CC(C)(CO)c1cccc(C)c1. The number of para-hydroxylation sites is 1. The van der Waals surface area contributed by atoms with Crippen molar-refractivity contribution in [2.75, 3.05) is 13.2 Å². The summed E-state index contributed by atoms with van der Waals surface area (Å²) in [7, 11) is 0. The summed E-state index contributed by atoms with van der Waals surface area (Å²) in [4.78, 5) is 0. The van der Waals surface area contributed by atoms with E-state index < -0.39 is 0 Å². The van der Waals surface area contributed by atoms with Gasteiger partial charge in [-0.1, -0.05) is 55.0 Å². The van der Waals surface area contributed by atoms with Crippen LogP contribution in [0.1, 0.15) is 30.5 Å². The van der Waals surface area contributed by atoms with Gasteiger partial charge in [0.05, 0.1) is 13.2 Å². The van der Waals surface area contributed by atoms with Crippen molar-refractivity contribution in [2.24, 2.45) is 0 Å². The molecule has 0 spiro atoms. The number of aliphatic hydroxyl groups is 1. The summed E-state index contributed by atoms with van der Waals surface area (Å²) in [5.74, 6) is 0.910. The molecule has 0 heterocycles. The lowest BCUT2D eigenvalue weighted by atomic mass is 9.77. The highest BCUT2D eigenvalue weighted by molar-refractivity contribution is 5.38. The summed E-state index contributed by atoms with van der Waals surface area (Å²) >= 11 is 0. The van der Waals surface area contributed by atoms with E-state index in [-0.39, 0.29) is 12.0 Å². The fourth-order valence-electron chi connectivity index (χ4n) is 2.64. The van der Waals surface area contributed by atoms with Crippen molar-refractivity contribution in [3.63, 3.8) is 0 Å². The van der Waals surface area contributed by atoms with Gasteiger partial charge in [-0.15, -0.1) is 0 Å². The van der Waals surface area contributed by atoms with Gasteiger partial charge in [-0.05, 0) is 37.5 Å². The number of rotatable bonds is 6. The molecule has 0 amide bonds. The first kappa shape index (κ1) is 15.6. The van der Waals surface area contributed by atoms with E-state index in [0.29, 0.717) is 6.61 Å². The van der Waals surface area contributed by atoms with Crippen molar-refractivity contribution in [3.05, 3.63) is 65.2 Å². The van der Waals surface area contributed by atoms with Crippen LogP contribution >= 0.6 is 0 Å². The number of aliphatic hydroxyl groups excluding tert-OH is 1. The van der Waals surface area contributed by atoms with Gasteiger partial charge >= 0.3 is 0 Å². The third-order valence-corrected chi connectivity index (χ3v) is 3.92. The highest BCUT2D eigenvalue weighted by Gasteiger charge is 2.27. The Bertz CT molecular complexity index is 592. The standard InChI is InChI=1S/C19H24O2/c1-4-21-18-11-6-5-9-16(18)13-19(3,14-20)17-10-7-8-15(2)12-17/h5-12,20H,4,13-14H2,1-3H3. The molecule has 0 saturated heterocycles. The summed E-state index contributed by atoms with van der Waals surface area (Å²) in [6.45, 7) is 6.93. The molecule has 2 aromatic carbocycles. The maximum Gasteiger partial charge on any atom is 0.122 e. The first-order chi connectivity index (χ1) is 10.1. The van der Waals surface area contributed by atoms with Gasteiger partial charge in [0.2, 0.25) is 0 Å². The van der Waals surface area contributed by atoms with Gasteiger partial charge in [0.15, 0.2) is 0 Å². The molecule has 0 aromatic heterocycles. The Balaban J connectivity index is 2.34. The van der Waals surface area contributed by atoms with Gasteiger partial charge in [-0.2, -0.15) is 0 Å². The molecule has 2 nitrogen and oxygen atoms in total. The summed E-state index contributed by atoms with van der Waals surface area (Å²) in [5, 5.41) is 9.97. The minimum absolute atomic E-state index is 0.108. The first-order valence-corrected chi connectivity index (χ1v) is 7.48. The van der Waals surface area contributed by atoms with E-state index in [2.05, 4.69) is 38.1 Å². The lowest BCUT2D eigenvalue weighted by molar-refractivity contribution is 0.203. The Morgan fingerprint density at radius 2 is 1.86 bits per heavy atom. The molecule has 1 N–H and O–H groups in total. The normalized spacial score (nSPS) is 13.7. The van der Waals surface area contributed by atoms with Crippen molar-refractivity contribution < 1.29 is 9.84 Å². The maximum atomic E-state index is 9.97. The molecule has 0 radical (unpaired) electrons. The van der Waals surface area contributed by atoms with Gasteiger partial charge < -0.3 is 9.84 Å². The minimum atomic E-state index is -0.306. The number of ether oxygens (including phenoxy) is 1. The lowest BCUT2D eigenvalue weighted by Gasteiger charge is -2.29. The van der Waals surface area contributed by atoms with Crippen LogP contribution in [-0.2, 0) is 11.8 Å². The zero-order chi connectivity index (χ0) is 15.3. The number of benzene rings is 2. The maximum absolute atomic E-state index is 9.97. The predicted octanol–water partition coefficient (Wildman–Crippen LogP) is 3.89. The van der Waals surface area contributed by atoms with Crippen LogP contribution in [0.4, 0.5) is 0 Å². The Hall–Kier alpha value is -1.80. The molecule has 2 rings (SSSR count). The molecule has 2 aromatic rings. The van der Waals surface area contributed by atoms with Gasteiger partial charge in [0.25, 0.3) is 0 Å². The van der Waals surface area contributed by atoms with Gasteiger partial charge in [-0.3, -0.25) is 0 Å². The summed E-state index contributed by atoms with van der Waals surface area (Å²) in [6.07, 6.45) is 0.753. The Kier molecular flexibility index (Phi) is 5.03. The predicted molar refractivity (Wildman–Crippen MR) is 86.9 cm³/mol. The van der Waals surface area contributed by atoms with E-state index in [9.17, 15) is 5.11 Å². The van der Waals surface area contributed by atoms with Crippen molar-refractivity contribution in [1.82, 2.24) is 0 Å². The molecule has 21 heavy (non-hydrogen) atoms. The van der Waals surface area contributed by atoms with Crippen LogP contribution in [-0.4, -0.2) is 18.3 Å². The second-order valence-corrected chi connectivity index (χ2v) is 5.81.